The van der Waals surface area contributed by atoms with Crippen LogP contribution in [-0.4, -0.2) is 42.0 Å². The van der Waals surface area contributed by atoms with Gasteiger partial charge in [-0.25, -0.2) is 9.37 Å². The Morgan fingerprint density at radius 3 is 2.62 bits per heavy atom. The molecule has 0 bridgehead atoms. The molecule has 138 valence electrons. The fraction of sp³-hybridized carbons (Fsp3) is 0.500. The predicted octanol–water partition coefficient (Wildman–Crippen LogP) is 4.37. The van der Waals surface area contributed by atoms with Gasteiger partial charge >= 0.3 is 0 Å². The molecule has 0 unspecified atom stereocenters. The molecule has 4 nitrogen and oxygen atoms in total. The minimum atomic E-state index is -0.290. The molecule has 0 saturated carbocycles. The van der Waals surface area contributed by atoms with E-state index in [2.05, 4.69) is 25.8 Å². The molecule has 2 aliphatic heterocycles. The molecule has 2 aromatic rings. The second-order valence-electron chi connectivity index (χ2n) is 7.35. The Morgan fingerprint density at radius 2 is 1.88 bits per heavy atom. The fourth-order valence-corrected chi connectivity index (χ4v) is 4.35. The first-order chi connectivity index (χ1) is 12.6. The number of halogens is 2. The lowest BCUT2D eigenvalue weighted by atomic mass is 9.93. The fourth-order valence-electron chi connectivity index (χ4n) is 3.99. The maximum atomic E-state index is 13.8. The van der Waals surface area contributed by atoms with Crippen LogP contribution in [0.1, 0.15) is 32.1 Å². The number of anilines is 1. The topological polar surface area (TPSA) is 36.4 Å². The van der Waals surface area contributed by atoms with Gasteiger partial charge in [-0.1, -0.05) is 0 Å². The third kappa shape index (κ3) is 3.70. The van der Waals surface area contributed by atoms with E-state index in [-0.39, 0.29) is 5.82 Å². The lowest BCUT2D eigenvalue weighted by Gasteiger charge is -2.33. The van der Waals surface area contributed by atoms with Gasteiger partial charge in [-0.2, -0.15) is 0 Å². The van der Waals surface area contributed by atoms with Gasteiger partial charge in [0.25, 0.3) is 0 Å². The molecule has 3 heterocycles. The van der Waals surface area contributed by atoms with Gasteiger partial charge in [0.05, 0.1) is 9.99 Å². The summed E-state index contributed by atoms with van der Waals surface area (Å²) < 4.78 is 14.2. The Bertz CT molecular complexity index is 814. The van der Waals surface area contributed by atoms with Gasteiger partial charge in [-0.15, -0.1) is 0 Å². The smallest absolute Gasteiger partial charge is 0.222 e. The summed E-state index contributed by atoms with van der Waals surface area (Å²) in [6.45, 7) is 3.67. The number of piperidine rings is 1. The summed E-state index contributed by atoms with van der Waals surface area (Å²) in [5.74, 6) is 1.39. The van der Waals surface area contributed by atoms with Crippen LogP contribution < -0.4 is 4.90 Å². The zero-order valence-electron chi connectivity index (χ0n) is 14.8. The first-order valence-electron chi connectivity index (χ1n) is 9.39. The number of amides is 1. The number of carbonyl (C=O) groups is 1. The van der Waals surface area contributed by atoms with Crippen LogP contribution in [0.3, 0.4) is 0 Å². The van der Waals surface area contributed by atoms with Crippen molar-refractivity contribution < 1.29 is 9.18 Å². The molecule has 1 aromatic carbocycles. The third-order valence-electron chi connectivity index (χ3n) is 5.58. The number of pyridine rings is 1. The van der Waals surface area contributed by atoms with Crippen LogP contribution in [0.2, 0.25) is 0 Å². The first kappa shape index (κ1) is 17.7. The number of hydrogen-bond donors (Lipinski definition) is 0. The van der Waals surface area contributed by atoms with Crippen molar-refractivity contribution in [1.29, 1.82) is 0 Å². The zero-order chi connectivity index (χ0) is 18.1. The van der Waals surface area contributed by atoms with Crippen molar-refractivity contribution >= 4 is 38.6 Å². The zero-order valence-corrected chi connectivity index (χ0v) is 16.3. The van der Waals surface area contributed by atoms with E-state index in [4.69, 9.17) is 0 Å². The van der Waals surface area contributed by atoms with Crippen LogP contribution in [-0.2, 0) is 4.79 Å². The first-order valence-corrected chi connectivity index (χ1v) is 10.2. The highest BCUT2D eigenvalue weighted by molar-refractivity contribution is 9.10. The van der Waals surface area contributed by atoms with Crippen LogP contribution in [0.25, 0.3) is 10.9 Å². The van der Waals surface area contributed by atoms with Crippen LogP contribution in [0, 0.1) is 11.7 Å². The molecule has 1 aromatic heterocycles. The molecule has 0 aliphatic carbocycles. The summed E-state index contributed by atoms with van der Waals surface area (Å²) in [7, 11) is 0. The number of carbonyl (C=O) groups excluding carboxylic acids is 1. The quantitative estimate of drug-likeness (QED) is 0.740. The predicted molar refractivity (Wildman–Crippen MR) is 105 cm³/mol. The Labute approximate surface area is 161 Å². The van der Waals surface area contributed by atoms with Crippen molar-refractivity contribution in [2.24, 2.45) is 5.92 Å². The molecule has 2 fully saturated rings. The van der Waals surface area contributed by atoms with Crippen LogP contribution >= 0.6 is 15.9 Å². The van der Waals surface area contributed by atoms with Gasteiger partial charge in [-0.05, 0) is 65.7 Å². The number of rotatable bonds is 3. The molecule has 6 heteroatoms. The summed E-state index contributed by atoms with van der Waals surface area (Å²) >= 11 is 3.22. The minimum Gasteiger partial charge on any atom is -0.357 e. The van der Waals surface area contributed by atoms with Gasteiger partial charge in [0.2, 0.25) is 5.91 Å². The molecule has 0 atom stereocenters. The van der Waals surface area contributed by atoms with E-state index in [0.29, 0.717) is 28.2 Å². The summed E-state index contributed by atoms with van der Waals surface area (Å²) in [6.07, 6.45) is 4.99. The SMILES string of the molecule is O=C(CC1CCN(c2ccc3cc(Br)c(F)cc3n2)CC1)N1CCCC1. The number of fused-ring (bicyclic) bond motifs is 1. The molecular formula is C20H23BrFN3O. The van der Waals surface area contributed by atoms with Crippen molar-refractivity contribution in [1.82, 2.24) is 9.88 Å². The van der Waals surface area contributed by atoms with Crippen LogP contribution in [0.15, 0.2) is 28.7 Å². The Kier molecular flexibility index (Phi) is 5.11. The molecule has 0 radical (unpaired) electrons. The summed E-state index contributed by atoms with van der Waals surface area (Å²) in [5.41, 5.74) is 0.675. The van der Waals surface area contributed by atoms with Crippen molar-refractivity contribution in [3.8, 4) is 0 Å². The maximum Gasteiger partial charge on any atom is 0.222 e. The average Bonchev–Trinajstić information content (AvgIpc) is 3.18. The lowest BCUT2D eigenvalue weighted by molar-refractivity contribution is -0.131. The number of benzene rings is 1. The van der Waals surface area contributed by atoms with Gasteiger partial charge < -0.3 is 9.80 Å². The van der Waals surface area contributed by atoms with Crippen molar-refractivity contribution in [3.05, 3.63) is 34.6 Å². The van der Waals surface area contributed by atoms with E-state index in [0.717, 1.165) is 63.1 Å². The molecule has 26 heavy (non-hydrogen) atoms. The monoisotopic (exact) mass is 419 g/mol. The maximum absolute atomic E-state index is 13.8. The normalized spacial score (nSPS) is 18.7. The molecule has 4 rings (SSSR count). The Morgan fingerprint density at radius 1 is 1.15 bits per heavy atom. The highest BCUT2D eigenvalue weighted by atomic mass is 79.9. The Balaban J connectivity index is 1.39. The van der Waals surface area contributed by atoms with E-state index in [9.17, 15) is 9.18 Å². The summed E-state index contributed by atoms with van der Waals surface area (Å²) in [6, 6.07) is 7.23. The molecule has 2 saturated heterocycles. The molecule has 1 amide bonds. The largest absolute Gasteiger partial charge is 0.357 e. The van der Waals surface area contributed by atoms with E-state index in [1.165, 1.54) is 6.07 Å². The van der Waals surface area contributed by atoms with Gasteiger partial charge in [0, 0.05) is 44.1 Å². The Hall–Kier alpha value is -1.69. The van der Waals surface area contributed by atoms with E-state index < -0.39 is 0 Å². The molecule has 2 aliphatic rings. The standard InChI is InChI=1S/C20H23BrFN3O/c21-16-12-15-3-4-19(23-18(15)13-17(16)22)24-9-5-14(6-10-24)11-20(26)25-7-1-2-8-25/h3-4,12-14H,1-2,5-11H2. The van der Waals surface area contributed by atoms with Gasteiger partial charge in [0.15, 0.2) is 0 Å². The number of likely N-dealkylation sites (tertiary alicyclic amines) is 1. The summed E-state index contributed by atoms with van der Waals surface area (Å²) in [4.78, 5) is 21.2. The van der Waals surface area contributed by atoms with Crippen LogP contribution in [0.5, 0.6) is 0 Å². The molecule has 0 spiro atoms. The summed E-state index contributed by atoms with van der Waals surface area (Å²) in [5, 5.41) is 0.924. The lowest BCUT2D eigenvalue weighted by Crippen LogP contribution is -2.37. The van der Waals surface area contributed by atoms with Crippen LogP contribution in [0.4, 0.5) is 10.2 Å². The van der Waals surface area contributed by atoms with Crippen molar-refractivity contribution in [3.63, 3.8) is 0 Å². The van der Waals surface area contributed by atoms with Crippen molar-refractivity contribution in [2.75, 3.05) is 31.1 Å². The number of hydrogen-bond acceptors (Lipinski definition) is 3. The number of aromatic nitrogens is 1. The number of nitrogens with zero attached hydrogens (tertiary/aromatic N) is 3. The molecule has 0 N–H and O–H groups in total. The molecular weight excluding hydrogens is 397 g/mol. The highest BCUT2D eigenvalue weighted by Gasteiger charge is 2.25. The van der Waals surface area contributed by atoms with E-state index in [1.54, 1.807) is 6.07 Å². The van der Waals surface area contributed by atoms with Crippen molar-refractivity contribution in [2.45, 2.75) is 32.1 Å². The van der Waals surface area contributed by atoms with E-state index >= 15 is 0 Å². The third-order valence-corrected chi connectivity index (χ3v) is 6.18. The minimum absolute atomic E-state index is 0.290. The highest BCUT2D eigenvalue weighted by Crippen LogP contribution is 2.28. The van der Waals surface area contributed by atoms with E-state index in [1.807, 2.05) is 17.0 Å². The second-order valence-corrected chi connectivity index (χ2v) is 8.21. The van der Waals surface area contributed by atoms with Gasteiger partial charge in [0.1, 0.15) is 11.6 Å². The van der Waals surface area contributed by atoms with Gasteiger partial charge in [-0.3, -0.25) is 4.79 Å². The average molecular weight is 420 g/mol. The second kappa shape index (κ2) is 7.51.